The van der Waals surface area contributed by atoms with Crippen molar-refractivity contribution in [3.8, 4) is 0 Å². The molecular formula is C11H25N3O. The Morgan fingerprint density at radius 3 is 2.93 bits per heavy atom. The van der Waals surface area contributed by atoms with E-state index in [0.717, 1.165) is 26.1 Å². The van der Waals surface area contributed by atoms with E-state index >= 15 is 0 Å². The molecule has 0 bridgehead atoms. The topological polar surface area (TPSA) is 50.5 Å². The van der Waals surface area contributed by atoms with Gasteiger partial charge in [-0.05, 0) is 13.5 Å². The average molecular weight is 215 g/mol. The predicted octanol–water partition coefficient (Wildman–Crippen LogP) is 0.729. The summed E-state index contributed by atoms with van der Waals surface area (Å²) in [6, 6.07) is 0.305. The fraction of sp³-hybridized carbons (Fsp3) is 1.00. The Kier molecular flexibility index (Phi) is 6.17. The minimum Gasteiger partial charge on any atom is -0.374 e. The van der Waals surface area contributed by atoms with Crippen LogP contribution < -0.4 is 11.3 Å². The fourth-order valence-electron chi connectivity index (χ4n) is 2.05. The smallest absolute Gasteiger partial charge is 0.0868 e. The molecule has 15 heavy (non-hydrogen) atoms. The molecule has 1 rings (SSSR count). The van der Waals surface area contributed by atoms with Crippen LogP contribution in [-0.2, 0) is 4.74 Å². The van der Waals surface area contributed by atoms with Gasteiger partial charge in [0.25, 0.3) is 0 Å². The van der Waals surface area contributed by atoms with Crippen molar-refractivity contribution in [1.82, 2.24) is 10.3 Å². The van der Waals surface area contributed by atoms with Crippen LogP contribution in [0.25, 0.3) is 0 Å². The second kappa shape index (κ2) is 7.17. The molecule has 4 nitrogen and oxygen atoms in total. The van der Waals surface area contributed by atoms with E-state index in [4.69, 9.17) is 10.6 Å². The van der Waals surface area contributed by atoms with Crippen molar-refractivity contribution >= 4 is 0 Å². The molecule has 90 valence electrons. The molecule has 1 saturated heterocycles. The zero-order chi connectivity index (χ0) is 11.1. The number of hydrogen-bond acceptors (Lipinski definition) is 4. The van der Waals surface area contributed by atoms with Crippen LogP contribution in [0.5, 0.6) is 0 Å². The highest BCUT2D eigenvalue weighted by molar-refractivity contribution is 4.80. The number of likely N-dealkylation sites (N-methyl/N-ethyl adjacent to an activating group) is 1. The van der Waals surface area contributed by atoms with Gasteiger partial charge in [-0.15, -0.1) is 0 Å². The Balaban J connectivity index is 2.29. The van der Waals surface area contributed by atoms with Gasteiger partial charge in [0.15, 0.2) is 0 Å². The molecule has 0 aromatic rings. The Hall–Kier alpha value is -0.160. The van der Waals surface area contributed by atoms with E-state index in [2.05, 4.69) is 24.3 Å². The Labute approximate surface area is 93.1 Å². The van der Waals surface area contributed by atoms with Gasteiger partial charge in [-0.3, -0.25) is 11.3 Å². The normalized spacial score (nSPS) is 25.4. The van der Waals surface area contributed by atoms with Crippen LogP contribution >= 0.6 is 0 Å². The van der Waals surface area contributed by atoms with Crippen LogP contribution in [-0.4, -0.2) is 43.8 Å². The van der Waals surface area contributed by atoms with Crippen molar-refractivity contribution in [3.63, 3.8) is 0 Å². The third-order valence-electron chi connectivity index (χ3n) is 3.08. The highest BCUT2D eigenvalue weighted by Gasteiger charge is 2.25. The fourth-order valence-corrected chi connectivity index (χ4v) is 2.05. The van der Waals surface area contributed by atoms with Crippen LogP contribution in [0.15, 0.2) is 0 Å². The lowest BCUT2D eigenvalue weighted by atomic mass is 10.0. The van der Waals surface area contributed by atoms with E-state index < -0.39 is 0 Å². The zero-order valence-electron chi connectivity index (χ0n) is 10.0. The van der Waals surface area contributed by atoms with Gasteiger partial charge in [-0.2, -0.15) is 0 Å². The molecule has 1 heterocycles. The van der Waals surface area contributed by atoms with Crippen molar-refractivity contribution in [1.29, 1.82) is 0 Å². The quantitative estimate of drug-likeness (QED) is 0.389. The molecule has 0 saturated carbocycles. The van der Waals surface area contributed by atoms with Gasteiger partial charge < -0.3 is 9.64 Å². The van der Waals surface area contributed by atoms with Crippen LogP contribution in [0.3, 0.4) is 0 Å². The van der Waals surface area contributed by atoms with Crippen molar-refractivity contribution < 1.29 is 4.74 Å². The third kappa shape index (κ3) is 4.47. The second-order valence-corrected chi connectivity index (χ2v) is 4.44. The molecule has 0 aromatic carbocycles. The number of nitrogens with two attached hydrogens (primary N) is 1. The van der Waals surface area contributed by atoms with E-state index in [0.29, 0.717) is 6.04 Å². The summed E-state index contributed by atoms with van der Waals surface area (Å²) in [4.78, 5) is 2.30. The van der Waals surface area contributed by atoms with Gasteiger partial charge in [0.05, 0.1) is 12.7 Å². The SMILES string of the molecule is CCCCCC(NN)C1CN(C)CCO1. The van der Waals surface area contributed by atoms with Crippen LogP contribution in [0.1, 0.15) is 32.6 Å². The molecule has 3 N–H and O–H groups in total. The molecule has 1 aliphatic heterocycles. The molecule has 0 amide bonds. The number of hydrogen-bond donors (Lipinski definition) is 2. The molecule has 2 atom stereocenters. The van der Waals surface area contributed by atoms with Gasteiger partial charge >= 0.3 is 0 Å². The van der Waals surface area contributed by atoms with Crippen LogP contribution in [0.2, 0.25) is 0 Å². The van der Waals surface area contributed by atoms with Crippen molar-refractivity contribution in [3.05, 3.63) is 0 Å². The summed E-state index contributed by atoms with van der Waals surface area (Å²) in [6.07, 6.45) is 5.13. The Morgan fingerprint density at radius 1 is 1.53 bits per heavy atom. The summed E-state index contributed by atoms with van der Waals surface area (Å²) in [5.41, 5.74) is 2.90. The number of ether oxygens (including phenoxy) is 1. The molecule has 0 aromatic heterocycles. The van der Waals surface area contributed by atoms with Crippen LogP contribution in [0.4, 0.5) is 0 Å². The molecular weight excluding hydrogens is 190 g/mol. The van der Waals surface area contributed by atoms with Gasteiger partial charge in [-0.1, -0.05) is 26.2 Å². The standard InChI is InChI=1S/C11H25N3O/c1-3-4-5-6-10(13-12)11-9-14(2)7-8-15-11/h10-11,13H,3-9,12H2,1-2H3. The molecule has 1 aliphatic rings. The first-order valence-electron chi connectivity index (χ1n) is 6.04. The molecule has 0 radical (unpaired) electrons. The first-order chi connectivity index (χ1) is 7.27. The molecule has 4 heteroatoms. The lowest BCUT2D eigenvalue weighted by Crippen LogP contribution is -2.53. The molecule has 2 unspecified atom stereocenters. The number of morpholine rings is 1. The minimum atomic E-state index is 0.255. The van der Waals surface area contributed by atoms with E-state index in [1.165, 1.54) is 19.3 Å². The summed E-state index contributed by atoms with van der Waals surface area (Å²) in [7, 11) is 2.13. The van der Waals surface area contributed by atoms with Crippen molar-refractivity contribution in [2.24, 2.45) is 5.84 Å². The zero-order valence-corrected chi connectivity index (χ0v) is 10.0. The van der Waals surface area contributed by atoms with E-state index in [1.807, 2.05) is 0 Å². The first-order valence-corrected chi connectivity index (χ1v) is 6.04. The largest absolute Gasteiger partial charge is 0.374 e. The second-order valence-electron chi connectivity index (χ2n) is 4.44. The van der Waals surface area contributed by atoms with Crippen molar-refractivity contribution in [2.75, 3.05) is 26.7 Å². The van der Waals surface area contributed by atoms with E-state index in [-0.39, 0.29) is 6.10 Å². The maximum atomic E-state index is 5.75. The molecule has 1 fully saturated rings. The Bertz CT molecular complexity index is 166. The summed E-state index contributed by atoms with van der Waals surface area (Å²) in [5, 5.41) is 0. The Morgan fingerprint density at radius 2 is 2.33 bits per heavy atom. The number of unbranched alkanes of at least 4 members (excludes halogenated alkanes) is 2. The number of hydrazine groups is 1. The maximum Gasteiger partial charge on any atom is 0.0868 e. The van der Waals surface area contributed by atoms with Gasteiger partial charge in [0.1, 0.15) is 0 Å². The summed E-state index contributed by atoms with van der Waals surface area (Å²) < 4.78 is 5.75. The first kappa shape index (κ1) is 12.9. The highest BCUT2D eigenvalue weighted by Crippen LogP contribution is 2.12. The summed E-state index contributed by atoms with van der Waals surface area (Å²) >= 11 is 0. The van der Waals surface area contributed by atoms with Gasteiger partial charge in [0, 0.05) is 19.1 Å². The summed E-state index contributed by atoms with van der Waals surface area (Å²) in [6.45, 7) is 5.06. The van der Waals surface area contributed by atoms with E-state index in [9.17, 15) is 0 Å². The average Bonchev–Trinajstić information content (AvgIpc) is 2.24. The van der Waals surface area contributed by atoms with Crippen molar-refractivity contribution in [2.45, 2.75) is 44.8 Å². The monoisotopic (exact) mass is 215 g/mol. The third-order valence-corrected chi connectivity index (χ3v) is 3.08. The highest BCUT2D eigenvalue weighted by atomic mass is 16.5. The number of nitrogens with zero attached hydrogens (tertiary/aromatic N) is 1. The maximum absolute atomic E-state index is 5.75. The lowest BCUT2D eigenvalue weighted by Gasteiger charge is -2.34. The number of nitrogens with one attached hydrogen (secondary N) is 1. The molecule has 0 spiro atoms. The minimum absolute atomic E-state index is 0.255. The summed E-state index contributed by atoms with van der Waals surface area (Å²) in [5.74, 6) is 5.58. The van der Waals surface area contributed by atoms with Gasteiger partial charge in [0.2, 0.25) is 0 Å². The lowest BCUT2D eigenvalue weighted by molar-refractivity contribution is -0.0402. The van der Waals surface area contributed by atoms with E-state index in [1.54, 1.807) is 0 Å². The molecule has 0 aliphatic carbocycles. The number of rotatable bonds is 6. The van der Waals surface area contributed by atoms with Crippen LogP contribution in [0, 0.1) is 0 Å². The van der Waals surface area contributed by atoms with Gasteiger partial charge in [-0.25, -0.2) is 0 Å². The predicted molar refractivity (Wildman–Crippen MR) is 62.5 cm³/mol.